The third-order valence-corrected chi connectivity index (χ3v) is 13.3. The molecule has 0 fully saturated rings. The zero-order valence-corrected chi connectivity index (χ0v) is 40.4. The zero-order chi connectivity index (χ0) is 49.5. The minimum absolute atomic E-state index is 0.0409. The standard InChI is InChI=1S/C38H62B8N5O11PS/c1-22(2)13-25(35(59)50-20-32(56)63(8)43)16-28(53)18-48-31(55)12-9-24(15-27(52)10-11-30(47)37(61)62-38(5,6)7)34(58)49-19-29(54)17-26(14-23(3)4)36(60)51-21-33(57)64(44-39,45-40)46(41)42/h22-26,30H,9-21,47H2,1-8H3,(H,48,55)(H,49,58)(H,50,59)(H,51,60). The van der Waals surface area contributed by atoms with Gasteiger partial charge in [-0.25, -0.2) is 0 Å². The van der Waals surface area contributed by atoms with Crippen LogP contribution in [0.3, 0.4) is 0 Å². The average molecular weight is 914 g/mol. The Labute approximate surface area is 389 Å². The van der Waals surface area contributed by atoms with E-state index in [-0.39, 0.29) is 75.3 Å². The van der Waals surface area contributed by atoms with Gasteiger partial charge >= 0.3 is 174 Å². The molecule has 0 rings (SSSR count). The summed E-state index contributed by atoms with van der Waals surface area (Å²) in [6.07, 6.45) is -1.06. The molecule has 0 aromatic rings. The van der Waals surface area contributed by atoms with Crippen LogP contribution in [0.2, 0.25) is 0 Å². The van der Waals surface area contributed by atoms with Crippen molar-refractivity contribution in [3.63, 3.8) is 0 Å². The van der Waals surface area contributed by atoms with Crippen LogP contribution in [-0.4, -0.2) is 158 Å². The van der Waals surface area contributed by atoms with Crippen LogP contribution < -0.4 is 27.0 Å². The molecule has 0 saturated heterocycles. The topological polar surface area (TPSA) is 254 Å². The number of carbonyl (C=O) groups excluding carboxylic acids is 10. The van der Waals surface area contributed by atoms with Crippen molar-refractivity contribution < 1.29 is 52.7 Å². The number of Topliss-reactive ketones (excluding diaryl/α,β-unsaturated/α-hetero) is 3. The molecule has 6 N–H and O–H groups in total. The Balaban J connectivity index is 5.86. The summed E-state index contributed by atoms with van der Waals surface area (Å²) >= 11 is 0. The molecule has 0 aromatic carbocycles. The molecule has 0 aliphatic carbocycles. The zero-order valence-electron chi connectivity index (χ0n) is 38.7. The molecule has 64 heavy (non-hydrogen) atoms. The first-order valence-electron chi connectivity index (χ1n) is 21.2. The van der Waals surface area contributed by atoms with E-state index in [0.717, 1.165) is 12.1 Å². The summed E-state index contributed by atoms with van der Waals surface area (Å²) in [7, 11) is 24.2. The second-order valence-electron chi connectivity index (χ2n) is 17.6. The van der Waals surface area contributed by atoms with Gasteiger partial charge < -0.3 is 21.1 Å². The Hall–Kier alpha value is -3.04. The van der Waals surface area contributed by atoms with Gasteiger partial charge in [0, 0.05) is 31.6 Å². The van der Waals surface area contributed by atoms with Crippen molar-refractivity contribution in [1.82, 2.24) is 21.3 Å². The first-order valence-corrected chi connectivity index (χ1v) is 24.9. The molecule has 5 unspecified atom stereocenters. The molecule has 0 aromatic heterocycles. The Morgan fingerprint density at radius 1 is 0.672 bits per heavy atom. The van der Waals surface area contributed by atoms with Gasteiger partial charge in [-0.05, 0) is 52.6 Å². The molecule has 0 bridgehead atoms. The molecular weight excluding hydrogens is 852 g/mol. The van der Waals surface area contributed by atoms with Gasteiger partial charge in [-0.1, -0.05) is 21.6 Å². The summed E-state index contributed by atoms with van der Waals surface area (Å²) in [5.74, 6) is -8.60. The number of amides is 4. The second kappa shape index (κ2) is 30.3. The van der Waals surface area contributed by atoms with Gasteiger partial charge in [0.2, 0.25) is 11.8 Å². The number of esters is 1. The van der Waals surface area contributed by atoms with Crippen molar-refractivity contribution in [3.05, 3.63) is 0 Å². The first kappa shape index (κ1) is 61.0. The fourth-order valence-electron chi connectivity index (χ4n) is 6.22. The van der Waals surface area contributed by atoms with Crippen molar-refractivity contribution in [3.8, 4) is 0 Å². The molecule has 0 spiro atoms. The Kier molecular flexibility index (Phi) is 28.8. The van der Waals surface area contributed by atoms with Gasteiger partial charge in [-0.3, -0.25) is 28.8 Å². The van der Waals surface area contributed by atoms with Crippen molar-refractivity contribution in [2.75, 3.05) is 32.8 Å². The fourth-order valence-corrected chi connectivity index (χ4v) is 7.94. The number of carbonyl (C=O) groups is 10. The molecule has 0 aliphatic rings. The number of nitrogens with two attached hydrogens (primary N) is 1. The number of ketones is 3. The van der Waals surface area contributed by atoms with E-state index in [0.29, 0.717) is 6.42 Å². The second-order valence-corrected chi connectivity index (χ2v) is 22.4. The number of rotatable bonds is 30. The van der Waals surface area contributed by atoms with E-state index in [9.17, 15) is 47.9 Å². The molecule has 0 aliphatic heterocycles. The summed E-state index contributed by atoms with van der Waals surface area (Å²) in [4.78, 5) is 129. The van der Waals surface area contributed by atoms with Crippen LogP contribution in [0.15, 0.2) is 0 Å². The SMILES string of the molecule is [B]B=S(=B[B])(B([B])[B])C(=O)CNC(=O)C(CC(=O)CNC(=O)C(CCC(=O)NCC(=O)CC(CC(C)C)C(=O)NCC(=O)P([B])C)CC(=O)CCC(N)C(=O)OC(C)(C)C)CC(C)C. The first-order chi connectivity index (χ1) is 29.6. The molecule has 0 heterocycles. The molecule has 0 saturated carbocycles. The number of hydrogen-bond donors (Lipinski definition) is 5. The normalized spacial score (nSPS) is 13.7. The van der Waals surface area contributed by atoms with E-state index in [1.165, 1.54) is 0 Å². The van der Waals surface area contributed by atoms with Crippen molar-refractivity contribution in [2.45, 2.75) is 118 Å². The quantitative estimate of drug-likeness (QED) is 0.0340. The van der Waals surface area contributed by atoms with Crippen LogP contribution in [0, 0.1) is 29.6 Å². The van der Waals surface area contributed by atoms with Gasteiger partial charge in [-0.15, -0.1) is 0 Å². The van der Waals surface area contributed by atoms with E-state index < -0.39 is 123 Å². The molecular formula is C38H62B8N5O11PS. The predicted molar refractivity (Wildman–Crippen MR) is 259 cm³/mol. The molecule has 16 nitrogen and oxygen atoms in total. The fraction of sp³-hybridized carbons (Fsp3) is 0.737. The van der Waals surface area contributed by atoms with Crippen LogP contribution in [0.5, 0.6) is 0 Å². The van der Waals surface area contributed by atoms with Crippen LogP contribution in [0.4, 0.5) is 0 Å². The number of ether oxygens (including phenoxy) is 1. The van der Waals surface area contributed by atoms with Crippen LogP contribution in [0.1, 0.15) is 106 Å². The third-order valence-electron chi connectivity index (χ3n) is 9.66. The summed E-state index contributed by atoms with van der Waals surface area (Å²) < 4.78 is 5.27. The molecule has 340 valence electrons. The molecule has 4 amide bonds. The van der Waals surface area contributed by atoms with Gasteiger partial charge in [0.1, 0.15) is 25.0 Å². The van der Waals surface area contributed by atoms with Gasteiger partial charge in [-0.2, -0.15) is 0 Å². The Morgan fingerprint density at radius 2 is 1.11 bits per heavy atom. The van der Waals surface area contributed by atoms with E-state index >= 15 is 0 Å². The van der Waals surface area contributed by atoms with E-state index in [2.05, 4.69) is 21.3 Å². The van der Waals surface area contributed by atoms with Crippen LogP contribution >= 0.6 is 16.5 Å². The minimum atomic E-state index is -2.75. The van der Waals surface area contributed by atoms with Gasteiger partial charge in [0.25, 0.3) is 0 Å². The Morgan fingerprint density at radius 3 is 1.55 bits per heavy atom. The monoisotopic (exact) mass is 915 g/mol. The molecule has 10 radical (unpaired) electrons. The maximum atomic E-state index is 13.5. The maximum absolute atomic E-state index is 13.5. The number of hydrogen-bond acceptors (Lipinski definition) is 12. The third kappa shape index (κ3) is 24.5. The van der Waals surface area contributed by atoms with Crippen molar-refractivity contribution >= 4 is 130 Å². The predicted octanol–water partition coefficient (Wildman–Crippen LogP) is -0.721. The average Bonchev–Trinajstić information content (AvgIpc) is 3.19. The van der Waals surface area contributed by atoms with Crippen LogP contribution in [0.25, 0.3) is 0 Å². The number of nitrogens with one attached hydrogen (secondary N) is 4. The van der Waals surface area contributed by atoms with Gasteiger partial charge in [0.15, 0.2) is 11.3 Å². The molecule has 26 heteroatoms. The van der Waals surface area contributed by atoms with E-state index in [1.54, 1.807) is 27.4 Å². The Bertz CT molecular complexity index is 1790. The summed E-state index contributed by atoms with van der Waals surface area (Å²) in [6, 6.07) is 0.920. The van der Waals surface area contributed by atoms with Crippen LogP contribution in [-0.2, 0) is 52.7 Å². The van der Waals surface area contributed by atoms with E-state index in [1.807, 2.05) is 27.7 Å². The van der Waals surface area contributed by atoms with Crippen molar-refractivity contribution in [2.24, 2.45) is 35.3 Å². The van der Waals surface area contributed by atoms with Gasteiger partial charge in [0.05, 0.1) is 13.1 Å². The molecule has 5 atom stereocenters. The van der Waals surface area contributed by atoms with Crippen molar-refractivity contribution in [1.29, 1.82) is 0 Å². The van der Waals surface area contributed by atoms with E-state index in [4.69, 9.17) is 49.0 Å². The summed E-state index contributed by atoms with van der Waals surface area (Å²) in [5, 5.41) is 9.43. The summed E-state index contributed by atoms with van der Waals surface area (Å²) in [6.45, 7) is 12.3. The summed E-state index contributed by atoms with van der Waals surface area (Å²) in [5.41, 5.74) is 4.83.